The van der Waals surface area contributed by atoms with Crippen molar-refractivity contribution in [2.45, 2.75) is 52.6 Å². The molecule has 1 N–H and O–H groups in total. The van der Waals surface area contributed by atoms with Crippen molar-refractivity contribution < 1.29 is 0 Å². The van der Waals surface area contributed by atoms with E-state index in [1.165, 1.54) is 36.2 Å². The zero-order chi connectivity index (χ0) is 13.1. The highest BCUT2D eigenvalue weighted by molar-refractivity contribution is 5.51. The second-order valence-electron chi connectivity index (χ2n) is 5.88. The van der Waals surface area contributed by atoms with Gasteiger partial charge in [0.1, 0.15) is 0 Å². The summed E-state index contributed by atoms with van der Waals surface area (Å²) >= 11 is 0. The van der Waals surface area contributed by atoms with Crippen LogP contribution in [-0.4, -0.2) is 25.2 Å². The van der Waals surface area contributed by atoms with Gasteiger partial charge in [0.25, 0.3) is 0 Å². The molecule has 2 heteroatoms. The average Bonchev–Trinajstić information content (AvgIpc) is 2.32. The number of nitrogens with one attached hydrogen (secondary N) is 1. The first-order valence-electron chi connectivity index (χ1n) is 7.14. The van der Waals surface area contributed by atoms with Crippen LogP contribution in [0.5, 0.6) is 0 Å². The first kappa shape index (κ1) is 13.4. The Morgan fingerprint density at radius 3 is 2.67 bits per heavy atom. The molecule has 1 aliphatic rings. The van der Waals surface area contributed by atoms with Gasteiger partial charge >= 0.3 is 0 Å². The molecule has 2 nitrogen and oxygen atoms in total. The second kappa shape index (κ2) is 5.75. The van der Waals surface area contributed by atoms with Crippen LogP contribution in [0.25, 0.3) is 0 Å². The Kier molecular flexibility index (Phi) is 4.28. The van der Waals surface area contributed by atoms with Gasteiger partial charge in [-0.05, 0) is 49.9 Å². The molecule has 1 saturated heterocycles. The van der Waals surface area contributed by atoms with Gasteiger partial charge in [0.2, 0.25) is 0 Å². The molecule has 0 aliphatic carbocycles. The van der Waals surface area contributed by atoms with Crippen LogP contribution >= 0.6 is 0 Å². The van der Waals surface area contributed by atoms with Crippen molar-refractivity contribution in [2.75, 3.05) is 18.0 Å². The van der Waals surface area contributed by atoms with Gasteiger partial charge < -0.3 is 10.2 Å². The third-order valence-corrected chi connectivity index (χ3v) is 3.85. The third-order valence-electron chi connectivity index (χ3n) is 3.85. The summed E-state index contributed by atoms with van der Waals surface area (Å²) < 4.78 is 0. The number of anilines is 1. The Bertz CT molecular complexity index is 398. The predicted octanol–water partition coefficient (Wildman–Crippen LogP) is 3.27. The first-order valence-corrected chi connectivity index (χ1v) is 7.14. The van der Waals surface area contributed by atoms with Crippen molar-refractivity contribution in [3.63, 3.8) is 0 Å². The molecule has 0 aromatic heterocycles. The zero-order valence-electron chi connectivity index (χ0n) is 12.2. The molecule has 0 saturated carbocycles. The zero-order valence-corrected chi connectivity index (χ0v) is 12.2. The molecule has 1 heterocycles. The van der Waals surface area contributed by atoms with E-state index >= 15 is 0 Å². The molecule has 1 atom stereocenters. The normalized spacial score (nSPS) is 20.5. The fourth-order valence-electron chi connectivity index (χ4n) is 2.74. The fourth-order valence-corrected chi connectivity index (χ4v) is 2.74. The molecule has 2 rings (SSSR count). The van der Waals surface area contributed by atoms with Crippen LogP contribution in [0.4, 0.5) is 5.69 Å². The smallest absolute Gasteiger partial charge is 0.0369 e. The molecule has 1 fully saturated rings. The van der Waals surface area contributed by atoms with Crippen molar-refractivity contribution in [2.24, 2.45) is 0 Å². The largest absolute Gasteiger partial charge is 0.370 e. The quantitative estimate of drug-likeness (QED) is 0.880. The average molecular weight is 246 g/mol. The highest BCUT2D eigenvalue weighted by Crippen LogP contribution is 2.22. The van der Waals surface area contributed by atoms with Gasteiger partial charge in [0, 0.05) is 30.9 Å². The van der Waals surface area contributed by atoms with Crippen molar-refractivity contribution in [1.29, 1.82) is 0 Å². The van der Waals surface area contributed by atoms with Crippen LogP contribution in [0.3, 0.4) is 0 Å². The summed E-state index contributed by atoms with van der Waals surface area (Å²) in [7, 11) is 0. The maximum absolute atomic E-state index is 3.67. The minimum Gasteiger partial charge on any atom is -0.370 e. The summed E-state index contributed by atoms with van der Waals surface area (Å²) in [5.74, 6) is 0. The summed E-state index contributed by atoms with van der Waals surface area (Å²) in [6.45, 7) is 11.2. The lowest BCUT2D eigenvalue weighted by Gasteiger charge is -2.36. The Morgan fingerprint density at radius 1 is 1.22 bits per heavy atom. The predicted molar refractivity (Wildman–Crippen MR) is 79.4 cm³/mol. The minimum absolute atomic E-state index is 0.578. The Morgan fingerprint density at radius 2 is 2.00 bits per heavy atom. The lowest BCUT2D eigenvalue weighted by atomic mass is 10.0. The monoisotopic (exact) mass is 246 g/mol. The number of hydrogen-bond donors (Lipinski definition) is 1. The number of piperidine rings is 1. The van der Waals surface area contributed by atoms with E-state index in [4.69, 9.17) is 0 Å². The molecule has 1 unspecified atom stereocenters. The highest BCUT2D eigenvalue weighted by atomic mass is 15.2. The third kappa shape index (κ3) is 3.26. The minimum atomic E-state index is 0.578. The van der Waals surface area contributed by atoms with Gasteiger partial charge in [-0.25, -0.2) is 0 Å². The van der Waals surface area contributed by atoms with Gasteiger partial charge in [-0.15, -0.1) is 0 Å². The molecule has 0 bridgehead atoms. The van der Waals surface area contributed by atoms with Crippen LogP contribution in [0.2, 0.25) is 0 Å². The van der Waals surface area contributed by atoms with Crippen LogP contribution in [-0.2, 0) is 0 Å². The van der Waals surface area contributed by atoms with Gasteiger partial charge in [0.15, 0.2) is 0 Å². The van der Waals surface area contributed by atoms with E-state index < -0.39 is 0 Å². The molecule has 100 valence electrons. The topological polar surface area (TPSA) is 15.3 Å². The molecule has 1 aromatic carbocycles. The standard InChI is InChI=1S/C16H26N2/c1-12(2)17-15-6-5-9-18(11-15)16-8-7-13(3)14(4)10-16/h7-8,10,12,15,17H,5-6,9,11H2,1-4H3. The van der Waals surface area contributed by atoms with Crippen LogP contribution in [0.15, 0.2) is 18.2 Å². The number of nitrogens with zero attached hydrogens (tertiary/aromatic N) is 1. The van der Waals surface area contributed by atoms with E-state index in [0.717, 1.165) is 6.54 Å². The fraction of sp³-hybridized carbons (Fsp3) is 0.625. The molecule has 18 heavy (non-hydrogen) atoms. The second-order valence-corrected chi connectivity index (χ2v) is 5.88. The van der Waals surface area contributed by atoms with Crippen LogP contribution in [0, 0.1) is 13.8 Å². The molecular formula is C16H26N2. The van der Waals surface area contributed by atoms with Crippen LogP contribution in [0.1, 0.15) is 37.8 Å². The van der Waals surface area contributed by atoms with Gasteiger partial charge in [-0.1, -0.05) is 19.9 Å². The van der Waals surface area contributed by atoms with Crippen molar-refractivity contribution in [1.82, 2.24) is 5.32 Å². The number of aryl methyl sites for hydroxylation is 2. The molecular weight excluding hydrogens is 220 g/mol. The van der Waals surface area contributed by atoms with Crippen molar-refractivity contribution >= 4 is 5.69 Å². The van der Waals surface area contributed by atoms with E-state index in [1.54, 1.807) is 0 Å². The van der Waals surface area contributed by atoms with Gasteiger partial charge in [-0.2, -0.15) is 0 Å². The molecule has 1 aliphatic heterocycles. The molecule has 0 spiro atoms. The molecule has 0 amide bonds. The summed E-state index contributed by atoms with van der Waals surface area (Å²) in [4.78, 5) is 2.52. The van der Waals surface area contributed by atoms with Gasteiger partial charge in [0.05, 0.1) is 0 Å². The SMILES string of the molecule is Cc1ccc(N2CCCC(NC(C)C)C2)cc1C. The highest BCUT2D eigenvalue weighted by Gasteiger charge is 2.20. The maximum Gasteiger partial charge on any atom is 0.0369 e. The van der Waals surface area contributed by atoms with E-state index in [2.05, 4.69) is 56.1 Å². The Balaban J connectivity index is 2.05. The molecule has 0 radical (unpaired) electrons. The number of rotatable bonds is 3. The van der Waals surface area contributed by atoms with Crippen LogP contribution < -0.4 is 10.2 Å². The summed E-state index contributed by atoms with van der Waals surface area (Å²) in [5.41, 5.74) is 4.16. The summed E-state index contributed by atoms with van der Waals surface area (Å²) in [5, 5.41) is 3.67. The van der Waals surface area contributed by atoms with E-state index in [0.29, 0.717) is 12.1 Å². The Labute approximate surface area is 111 Å². The molecule has 1 aromatic rings. The summed E-state index contributed by atoms with van der Waals surface area (Å²) in [6.07, 6.45) is 2.59. The van der Waals surface area contributed by atoms with E-state index in [-0.39, 0.29) is 0 Å². The van der Waals surface area contributed by atoms with E-state index in [9.17, 15) is 0 Å². The van der Waals surface area contributed by atoms with Gasteiger partial charge in [-0.3, -0.25) is 0 Å². The number of benzene rings is 1. The summed E-state index contributed by atoms with van der Waals surface area (Å²) in [6, 6.07) is 8.05. The maximum atomic E-state index is 3.67. The van der Waals surface area contributed by atoms with Crippen molar-refractivity contribution in [3.8, 4) is 0 Å². The number of hydrogen-bond acceptors (Lipinski definition) is 2. The van der Waals surface area contributed by atoms with E-state index in [1.807, 2.05) is 0 Å². The lowest BCUT2D eigenvalue weighted by Crippen LogP contribution is -2.47. The Hall–Kier alpha value is -1.02. The van der Waals surface area contributed by atoms with Crippen molar-refractivity contribution in [3.05, 3.63) is 29.3 Å². The lowest BCUT2D eigenvalue weighted by molar-refractivity contribution is 0.394. The first-order chi connectivity index (χ1) is 8.56.